The van der Waals surface area contributed by atoms with Crippen molar-refractivity contribution in [2.75, 3.05) is 5.32 Å². The van der Waals surface area contributed by atoms with Crippen LogP contribution in [0.2, 0.25) is 0 Å². The smallest absolute Gasteiger partial charge is 0.261 e. The minimum absolute atomic E-state index is 0.0523. The fourth-order valence-electron chi connectivity index (χ4n) is 1.52. The van der Waals surface area contributed by atoms with E-state index in [1.54, 1.807) is 6.92 Å². The van der Waals surface area contributed by atoms with Crippen molar-refractivity contribution in [3.8, 4) is 0 Å². The molecule has 2 aromatic rings. The standard InChI is InChI=1S/C11H9BrClN3O3S/c1-6-8(5-14-16-6)11(17)15-10-3-2-7(4-9(10)12)20(13,18)19/h2-5H,1H3,(H,14,16)(H,15,17). The Labute approximate surface area is 128 Å². The first kappa shape index (κ1) is 15.0. The zero-order valence-corrected chi connectivity index (χ0v) is 13.3. The summed E-state index contributed by atoms with van der Waals surface area (Å²) in [6, 6.07) is 4.08. The van der Waals surface area contributed by atoms with Gasteiger partial charge in [-0.05, 0) is 41.1 Å². The van der Waals surface area contributed by atoms with Crippen molar-refractivity contribution in [1.29, 1.82) is 0 Å². The lowest BCUT2D eigenvalue weighted by atomic mass is 10.2. The largest absolute Gasteiger partial charge is 0.321 e. The number of carbonyl (C=O) groups is 1. The summed E-state index contributed by atoms with van der Waals surface area (Å²) in [5, 5.41) is 9.07. The average Bonchev–Trinajstić information content (AvgIpc) is 2.76. The number of hydrogen-bond donors (Lipinski definition) is 2. The first-order valence-corrected chi connectivity index (χ1v) is 8.45. The van der Waals surface area contributed by atoms with E-state index < -0.39 is 9.05 Å². The van der Waals surface area contributed by atoms with Crippen molar-refractivity contribution >= 4 is 47.3 Å². The molecule has 2 rings (SSSR count). The van der Waals surface area contributed by atoms with Gasteiger partial charge in [0.15, 0.2) is 0 Å². The molecule has 0 aliphatic carbocycles. The van der Waals surface area contributed by atoms with Gasteiger partial charge in [-0.25, -0.2) is 8.42 Å². The predicted octanol–water partition coefficient (Wildman–Crippen LogP) is 2.66. The first-order valence-electron chi connectivity index (χ1n) is 5.34. The molecule has 1 heterocycles. The van der Waals surface area contributed by atoms with Crippen LogP contribution in [0.1, 0.15) is 16.1 Å². The van der Waals surface area contributed by atoms with E-state index in [9.17, 15) is 13.2 Å². The van der Waals surface area contributed by atoms with Crippen LogP contribution in [0.3, 0.4) is 0 Å². The number of halogens is 2. The lowest BCUT2D eigenvalue weighted by Gasteiger charge is -2.07. The average molecular weight is 379 g/mol. The van der Waals surface area contributed by atoms with Gasteiger partial charge in [-0.3, -0.25) is 9.89 Å². The highest BCUT2D eigenvalue weighted by Gasteiger charge is 2.15. The van der Waals surface area contributed by atoms with Crippen LogP contribution >= 0.6 is 26.6 Å². The summed E-state index contributed by atoms with van der Waals surface area (Å²) in [7, 11) is 1.44. The van der Waals surface area contributed by atoms with Crippen molar-refractivity contribution in [2.45, 2.75) is 11.8 Å². The SMILES string of the molecule is Cc1[nH]ncc1C(=O)Nc1ccc(S(=O)(=O)Cl)cc1Br. The van der Waals surface area contributed by atoms with E-state index in [1.807, 2.05) is 0 Å². The fraction of sp³-hybridized carbons (Fsp3) is 0.0909. The van der Waals surface area contributed by atoms with Gasteiger partial charge in [0, 0.05) is 20.8 Å². The third kappa shape index (κ3) is 3.20. The predicted molar refractivity (Wildman–Crippen MR) is 78.5 cm³/mol. The number of aromatic nitrogens is 2. The van der Waals surface area contributed by atoms with E-state index in [1.165, 1.54) is 24.4 Å². The van der Waals surface area contributed by atoms with E-state index >= 15 is 0 Å². The van der Waals surface area contributed by atoms with Gasteiger partial charge in [0.2, 0.25) is 0 Å². The molecule has 0 spiro atoms. The van der Waals surface area contributed by atoms with Gasteiger partial charge in [-0.2, -0.15) is 5.10 Å². The molecule has 0 saturated carbocycles. The number of aryl methyl sites for hydroxylation is 1. The second-order valence-corrected chi connectivity index (χ2v) is 7.36. The number of hydrogen-bond acceptors (Lipinski definition) is 4. The molecule has 1 amide bonds. The minimum atomic E-state index is -3.81. The molecule has 0 aliphatic heterocycles. The molecule has 0 aliphatic rings. The lowest BCUT2D eigenvalue weighted by Crippen LogP contribution is -2.12. The molecule has 0 atom stereocenters. The van der Waals surface area contributed by atoms with Crippen molar-refractivity contribution in [3.63, 3.8) is 0 Å². The molecule has 6 nitrogen and oxygen atoms in total. The molecule has 2 N–H and O–H groups in total. The monoisotopic (exact) mass is 377 g/mol. The maximum absolute atomic E-state index is 12.0. The Kier molecular flexibility index (Phi) is 4.17. The van der Waals surface area contributed by atoms with Crippen molar-refractivity contribution in [1.82, 2.24) is 10.2 Å². The van der Waals surface area contributed by atoms with E-state index in [0.29, 0.717) is 21.4 Å². The third-order valence-corrected chi connectivity index (χ3v) is 4.55. The van der Waals surface area contributed by atoms with E-state index in [2.05, 4.69) is 31.4 Å². The highest BCUT2D eigenvalue weighted by molar-refractivity contribution is 9.10. The van der Waals surface area contributed by atoms with Crippen LogP contribution in [0.5, 0.6) is 0 Å². The number of benzene rings is 1. The van der Waals surface area contributed by atoms with Gasteiger partial charge >= 0.3 is 0 Å². The Balaban J connectivity index is 2.27. The molecule has 1 aromatic carbocycles. The van der Waals surface area contributed by atoms with Gasteiger partial charge in [0.25, 0.3) is 15.0 Å². The maximum Gasteiger partial charge on any atom is 0.261 e. The number of anilines is 1. The lowest BCUT2D eigenvalue weighted by molar-refractivity contribution is 0.102. The van der Waals surface area contributed by atoms with Gasteiger partial charge in [0.05, 0.1) is 22.3 Å². The number of carbonyl (C=O) groups excluding carboxylic acids is 1. The summed E-state index contributed by atoms with van der Waals surface area (Å²) in [6.45, 7) is 1.72. The van der Waals surface area contributed by atoms with Crippen LogP contribution < -0.4 is 5.32 Å². The Bertz CT molecular complexity index is 773. The van der Waals surface area contributed by atoms with E-state index in [0.717, 1.165) is 0 Å². The molecule has 0 radical (unpaired) electrons. The van der Waals surface area contributed by atoms with E-state index in [4.69, 9.17) is 10.7 Å². The first-order chi connectivity index (χ1) is 9.29. The third-order valence-electron chi connectivity index (χ3n) is 2.54. The number of nitrogens with one attached hydrogen (secondary N) is 2. The second kappa shape index (κ2) is 5.55. The Morgan fingerprint density at radius 1 is 1.45 bits per heavy atom. The molecule has 0 unspecified atom stereocenters. The number of H-pyrrole nitrogens is 1. The topological polar surface area (TPSA) is 91.9 Å². The van der Waals surface area contributed by atoms with Crippen LogP contribution in [-0.4, -0.2) is 24.5 Å². The molecule has 0 saturated heterocycles. The number of nitrogens with zero attached hydrogens (tertiary/aromatic N) is 1. The summed E-state index contributed by atoms with van der Waals surface area (Å²) in [4.78, 5) is 11.9. The number of aromatic amines is 1. The Morgan fingerprint density at radius 2 is 2.15 bits per heavy atom. The molecule has 0 bridgehead atoms. The van der Waals surface area contributed by atoms with Crippen LogP contribution in [0.25, 0.3) is 0 Å². The summed E-state index contributed by atoms with van der Waals surface area (Å²) < 4.78 is 22.8. The van der Waals surface area contributed by atoms with Crippen molar-refractivity contribution in [2.24, 2.45) is 0 Å². The van der Waals surface area contributed by atoms with Gasteiger partial charge in [0.1, 0.15) is 0 Å². The Hall–Kier alpha value is -1.38. The van der Waals surface area contributed by atoms with Gasteiger partial charge in [-0.1, -0.05) is 0 Å². The normalized spacial score (nSPS) is 11.3. The summed E-state index contributed by atoms with van der Waals surface area (Å²) in [6.07, 6.45) is 1.41. The summed E-state index contributed by atoms with van der Waals surface area (Å²) in [5.41, 5.74) is 1.48. The molecule has 0 fully saturated rings. The molecular weight excluding hydrogens is 370 g/mol. The zero-order chi connectivity index (χ0) is 14.9. The fourth-order valence-corrected chi connectivity index (χ4v) is 2.92. The molecule has 9 heteroatoms. The van der Waals surface area contributed by atoms with Gasteiger partial charge in [-0.15, -0.1) is 0 Å². The van der Waals surface area contributed by atoms with Crippen LogP contribution in [0.4, 0.5) is 5.69 Å². The zero-order valence-electron chi connectivity index (χ0n) is 10.1. The summed E-state index contributed by atoms with van der Waals surface area (Å²) in [5.74, 6) is -0.349. The second-order valence-electron chi connectivity index (χ2n) is 3.94. The summed E-state index contributed by atoms with van der Waals surface area (Å²) >= 11 is 3.19. The van der Waals surface area contributed by atoms with Crippen LogP contribution in [0.15, 0.2) is 33.8 Å². The van der Waals surface area contributed by atoms with Crippen molar-refractivity contribution in [3.05, 3.63) is 40.1 Å². The maximum atomic E-state index is 12.0. The van der Waals surface area contributed by atoms with Crippen LogP contribution in [-0.2, 0) is 9.05 Å². The van der Waals surface area contributed by atoms with E-state index in [-0.39, 0.29) is 10.8 Å². The highest BCUT2D eigenvalue weighted by atomic mass is 79.9. The van der Waals surface area contributed by atoms with Gasteiger partial charge < -0.3 is 5.32 Å². The highest BCUT2D eigenvalue weighted by Crippen LogP contribution is 2.27. The minimum Gasteiger partial charge on any atom is -0.321 e. The Morgan fingerprint density at radius 3 is 2.65 bits per heavy atom. The molecule has 1 aromatic heterocycles. The molecule has 20 heavy (non-hydrogen) atoms. The van der Waals surface area contributed by atoms with Crippen molar-refractivity contribution < 1.29 is 13.2 Å². The molecular formula is C11H9BrClN3O3S. The number of amides is 1. The quantitative estimate of drug-likeness (QED) is 0.803. The number of rotatable bonds is 3. The molecule has 106 valence electrons. The van der Waals surface area contributed by atoms with Crippen LogP contribution in [0, 0.1) is 6.92 Å².